The maximum Gasteiger partial charge on any atom is 0.221 e. The summed E-state index contributed by atoms with van der Waals surface area (Å²) in [7, 11) is 1.95. The molecule has 1 aromatic heterocycles. The zero-order valence-electron chi connectivity index (χ0n) is 7.59. The highest BCUT2D eigenvalue weighted by Gasteiger charge is 1.99. The lowest BCUT2D eigenvalue weighted by molar-refractivity contribution is -0.120. The molecule has 0 spiro atoms. The third-order valence-electron chi connectivity index (χ3n) is 1.70. The largest absolute Gasteiger partial charge is 0.357 e. The molecule has 0 unspecified atom stereocenters. The fraction of sp³-hybridized carbons (Fsp3) is 0.444. The zero-order chi connectivity index (χ0) is 9.68. The molecule has 1 N–H and O–H groups in total. The van der Waals surface area contributed by atoms with E-state index in [1.54, 1.807) is 0 Å². The molecular formula is C9H13ClN2O. The number of rotatable bonds is 4. The van der Waals surface area contributed by atoms with Gasteiger partial charge in [-0.3, -0.25) is 4.79 Å². The number of carbonyl (C=O) groups excluding carboxylic acids is 1. The van der Waals surface area contributed by atoms with Crippen LogP contribution in [0.3, 0.4) is 0 Å². The Labute approximate surface area is 82.7 Å². The Hall–Kier alpha value is -0.960. The van der Waals surface area contributed by atoms with E-state index in [-0.39, 0.29) is 5.91 Å². The predicted molar refractivity (Wildman–Crippen MR) is 52.6 cm³/mol. The summed E-state index contributed by atoms with van der Waals surface area (Å²) in [4.78, 5) is 11.0. The minimum atomic E-state index is -0.00106. The summed E-state index contributed by atoms with van der Waals surface area (Å²) in [6, 6.07) is 1.97. The third kappa shape index (κ3) is 3.51. The standard InChI is InChI=1S/C9H13ClN2O/c1-12-5-3-8(7-12)6-11-9(13)2-4-10/h3,5,7H,2,4,6H2,1H3,(H,11,13). The van der Waals surface area contributed by atoms with Crippen LogP contribution in [0.4, 0.5) is 0 Å². The first kappa shape index (κ1) is 10.1. The first-order chi connectivity index (χ1) is 6.22. The summed E-state index contributed by atoms with van der Waals surface area (Å²) < 4.78 is 1.95. The van der Waals surface area contributed by atoms with Gasteiger partial charge in [-0.1, -0.05) is 0 Å². The molecule has 0 bridgehead atoms. The van der Waals surface area contributed by atoms with Crippen LogP contribution in [-0.4, -0.2) is 16.4 Å². The van der Waals surface area contributed by atoms with Gasteiger partial charge in [0, 0.05) is 38.3 Å². The molecule has 1 heterocycles. The van der Waals surface area contributed by atoms with Gasteiger partial charge in [0.15, 0.2) is 0 Å². The second kappa shape index (κ2) is 4.92. The highest BCUT2D eigenvalue weighted by Crippen LogP contribution is 1.98. The average molecular weight is 201 g/mol. The maximum atomic E-state index is 11.0. The molecule has 0 fully saturated rings. The van der Waals surface area contributed by atoms with Gasteiger partial charge in [0.1, 0.15) is 0 Å². The lowest BCUT2D eigenvalue weighted by atomic mass is 10.3. The van der Waals surface area contributed by atoms with Crippen molar-refractivity contribution < 1.29 is 4.79 Å². The number of halogens is 1. The molecule has 0 saturated heterocycles. The molecule has 72 valence electrons. The van der Waals surface area contributed by atoms with Gasteiger partial charge in [0.25, 0.3) is 0 Å². The quantitative estimate of drug-likeness (QED) is 0.730. The SMILES string of the molecule is Cn1ccc(CNC(=O)CCCl)c1. The maximum absolute atomic E-state index is 11.0. The number of aromatic nitrogens is 1. The molecule has 0 aliphatic heterocycles. The van der Waals surface area contributed by atoms with Crippen molar-refractivity contribution in [2.75, 3.05) is 5.88 Å². The minimum Gasteiger partial charge on any atom is -0.357 e. The summed E-state index contributed by atoms with van der Waals surface area (Å²) in [5.74, 6) is 0.375. The molecule has 1 amide bonds. The first-order valence-corrected chi connectivity index (χ1v) is 4.69. The molecule has 13 heavy (non-hydrogen) atoms. The highest BCUT2D eigenvalue weighted by atomic mass is 35.5. The summed E-state index contributed by atoms with van der Waals surface area (Å²) in [6.07, 6.45) is 4.30. The van der Waals surface area contributed by atoms with E-state index in [0.29, 0.717) is 18.8 Å². The monoisotopic (exact) mass is 200 g/mol. The highest BCUT2D eigenvalue weighted by molar-refractivity contribution is 6.18. The van der Waals surface area contributed by atoms with Crippen molar-refractivity contribution in [1.29, 1.82) is 0 Å². The number of amides is 1. The number of alkyl halides is 1. The normalized spacial score (nSPS) is 10.0. The van der Waals surface area contributed by atoms with Crippen molar-refractivity contribution in [2.45, 2.75) is 13.0 Å². The van der Waals surface area contributed by atoms with E-state index in [0.717, 1.165) is 5.56 Å². The Morgan fingerprint density at radius 2 is 2.46 bits per heavy atom. The van der Waals surface area contributed by atoms with Gasteiger partial charge in [-0.25, -0.2) is 0 Å². The van der Waals surface area contributed by atoms with E-state index in [1.807, 2.05) is 30.1 Å². The van der Waals surface area contributed by atoms with E-state index in [2.05, 4.69) is 5.32 Å². The Kier molecular flexibility index (Phi) is 3.83. The molecule has 0 saturated carbocycles. The topological polar surface area (TPSA) is 34.0 Å². The Morgan fingerprint density at radius 1 is 1.69 bits per heavy atom. The zero-order valence-corrected chi connectivity index (χ0v) is 8.34. The van der Waals surface area contributed by atoms with Gasteiger partial charge in [0.05, 0.1) is 0 Å². The van der Waals surface area contributed by atoms with Gasteiger partial charge in [-0.15, -0.1) is 11.6 Å². The van der Waals surface area contributed by atoms with Crippen molar-refractivity contribution in [3.8, 4) is 0 Å². The summed E-state index contributed by atoms with van der Waals surface area (Å²) in [6.45, 7) is 0.580. The summed E-state index contributed by atoms with van der Waals surface area (Å²) >= 11 is 5.42. The van der Waals surface area contributed by atoms with Crippen LogP contribution in [0.5, 0.6) is 0 Å². The molecule has 1 rings (SSSR count). The number of aryl methyl sites for hydroxylation is 1. The number of nitrogens with zero attached hydrogens (tertiary/aromatic N) is 1. The predicted octanol–water partition coefficient (Wildman–Crippen LogP) is 1.27. The lowest BCUT2D eigenvalue weighted by Gasteiger charge is -2.00. The number of carbonyl (C=O) groups is 1. The lowest BCUT2D eigenvalue weighted by Crippen LogP contribution is -2.22. The molecule has 4 heteroatoms. The van der Waals surface area contributed by atoms with Crippen molar-refractivity contribution in [3.05, 3.63) is 24.0 Å². The van der Waals surface area contributed by atoms with Crippen molar-refractivity contribution in [2.24, 2.45) is 7.05 Å². The van der Waals surface area contributed by atoms with Crippen LogP contribution >= 0.6 is 11.6 Å². The van der Waals surface area contributed by atoms with Gasteiger partial charge in [0.2, 0.25) is 5.91 Å². The van der Waals surface area contributed by atoms with E-state index < -0.39 is 0 Å². The van der Waals surface area contributed by atoms with E-state index in [1.165, 1.54) is 0 Å². The molecular weight excluding hydrogens is 188 g/mol. The number of hydrogen-bond acceptors (Lipinski definition) is 1. The van der Waals surface area contributed by atoms with Crippen molar-refractivity contribution >= 4 is 17.5 Å². The van der Waals surface area contributed by atoms with Crippen LogP contribution in [-0.2, 0) is 18.4 Å². The first-order valence-electron chi connectivity index (χ1n) is 4.16. The molecule has 0 aromatic carbocycles. The number of hydrogen-bond donors (Lipinski definition) is 1. The number of nitrogens with one attached hydrogen (secondary N) is 1. The molecule has 3 nitrogen and oxygen atoms in total. The molecule has 0 radical (unpaired) electrons. The Morgan fingerprint density at radius 3 is 3.00 bits per heavy atom. The molecule has 1 aromatic rings. The van der Waals surface area contributed by atoms with Gasteiger partial charge >= 0.3 is 0 Å². The van der Waals surface area contributed by atoms with Crippen LogP contribution in [0, 0.1) is 0 Å². The van der Waals surface area contributed by atoms with Gasteiger partial charge in [-0.2, -0.15) is 0 Å². The summed E-state index contributed by atoms with van der Waals surface area (Å²) in [5.41, 5.74) is 1.10. The van der Waals surface area contributed by atoms with Gasteiger partial charge < -0.3 is 9.88 Å². The van der Waals surface area contributed by atoms with Crippen LogP contribution in [0.2, 0.25) is 0 Å². The van der Waals surface area contributed by atoms with Gasteiger partial charge in [-0.05, 0) is 11.6 Å². The van der Waals surface area contributed by atoms with Crippen LogP contribution in [0.25, 0.3) is 0 Å². The van der Waals surface area contributed by atoms with E-state index in [9.17, 15) is 4.79 Å². The van der Waals surface area contributed by atoms with Crippen LogP contribution in [0.1, 0.15) is 12.0 Å². The fourth-order valence-corrected chi connectivity index (χ4v) is 1.21. The minimum absolute atomic E-state index is 0.00106. The smallest absolute Gasteiger partial charge is 0.221 e. The van der Waals surface area contributed by atoms with Crippen molar-refractivity contribution in [1.82, 2.24) is 9.88 Å². The average Bonchev–Trinajstić information content (AvgIpc) is 2.49. The molecule has 0 aliphatic carbocycles. The second-order valence-electron chi connectivity index (χ2n) is 2.90. The molecule has 0 aliphatic rings. The second-order valence-corrected chi connectivity index (χ2v) is 3.28. The van der Waals surface area contributed by atoms with Crippen LogP contribution < -0.4 is 5.32 Å². The Bertz CT molecular complexity index is 283. The summed E-state index contributed by atoms with van der Waals surface area (Å²) in [5, 5.41) is 2.78. The van der Waals surface area contributed by atoms with Crippen LogP contribution in [0.15, 0.2) is 18.5 Å². The van der Waals surface area contributed by atoms with E-state index >= 15 is 0 Å². The molecule has 0 atom stereocenters. The third-order valence-corrected chi connectivity index (χ3v) is 1.89. The Balaban J connectivity index is 2.30. The van der Waals surface area contributed by atoms with E-state index in [4.69, 9.17) is 11.6 Å². The van der Waals surface area contributed by atoms with Crippen molar-refractivity contribution in [3.63, 3.8) is 0 Å². The fourth-order valence-electron chi connectivity index (χ4n) is 1.04.